The fourth-order valence-corrected chi connectivity index (χ4v) is 1.84. The molecule has 0 aliphatic rings. The molecule has 0 aliphatic heterocycles. The maximum absolute atomic E-state index is 11.9. The summed E-state index contributed by atoms with van der Waals surface area (Å²) >= 11 is 5.87. The van der Waals surface area contributed by atoms with Crippen LogP contribution < -0.4 is 10.5 Å². The van der Waals surface area contributed by atoms with Gasteiger partial charge in [0.15, 0.2) is 0 Å². The minimum Gasteiger partial charge on any atom is -0.492 e. The minimum absolute atomic E-state index is 0.125. The first-order valence-electron chi connectivity index (χ1n) is 6.85. The summed E-state index contributed by atoms with van der Waals surface area (Å²) in [6.07, 6.45) is 1.36. The highest BCUT2D eigenvalue weighted by atomic mass is 35.5. The van der Waals surface area contributed by atoms with Gasteiger partial charge in [-0.05, 0) is 37.1 Å². The van der Waals surface area contributed by atoms with Crippen molar-refractivity contribution in [2.45, 2.75) is 19.8 Å². The summed E-state index contributed by atoms with van der Waals surface area (Å²) in [5.74, 6) is 1.23. The average Bonchev–Trinajstić information content (AvgIpc) is 2.44. The molecule has 2 N–H and O–H groups in total. The second-order valence-corrected chi connectivity index (χ2v) is 5.44. The molecule has 0 spiro atoms. The van der Waals surface area contributed by atoms with Crippen LogP contribution >= 0.6 is 11.6 Å². The molecule has 1 rings (SSSR count). The largest absolute Gasteiger partial charge is 0.492 e. The number of rotatable bonds is 8. The highest BCUT2D eigenvalue weighted by Crippen LogP contribution is 2.16. The number of likely N-dealkylation sites (N-methyl/N-ethyl adjacent to an activating group) is 1. The number of nitrogens with zero attached hydrogens (tertiary/aromatic N) is 1. The van der Waals surface area contributed by atoms with E-state index in [1.54, 1.807) is 24.1 Å². The van der Waals surface area contributed by atoms with Gasteiger partial charge in [0.05, 0.1) is 6.54 Å². The number of benzene rings is 1. The summed E-state index contributed by atoms with van der Waals surface area (Å²) in [7, 11) is 1.79. The number of carbonyl (C=O) groups excluding carboxylic acids is 1. The maximum atomic E-state index is 11.9. The Morgan fingerprint density at radius 3 is 2.90 bits per heavy atom. The highest BCUT2D eigenvalue weighted by molar-refractivity contribution is 6.30. The average molecular weight is 299 g/mol. The van der Waals surface area contributed by atoms with Gasteiger partial charge in [-0.25, -0.2) is 0 Å². The van der Waals surface area contributed by atoms with E-state index in [9.17, 15) is 4.79 Å². The molecule has 4 nitrogen and oxygen atoms in total. The smallest absolute Gasteiger partial charge is 0.222 e. The van der Waals surface area contributed by atoms with Crippen LogP contribution in [0.1, 0.15) is 19.8 Å². The first-order valence-corrected chi connectivity index (χ1v) is 7.23. The van der Waals surface area contributed by atoms with Crippen molar-refractivity contribution in [1.29, 1.82) is 0 Å². The molecule has 0 aliphatic carbocycles. The Balaban J connectivity index is 2.25. The lowest BCUT2D eigenvalue weighted by molar-refractivity contribution is -0.130. The van der Waals surface area contributed by atoms with Gasteiger partial charge in [-0.3, -0.25) is 4.79 Å². The van der Waals surface area contributed by atoms with Crippen LogP contribution in [0.25, 0.3) is 0 Å². The zero-order chi connectivity index (χ0) is 15.0. The minimum atomic E-state index is 0.125. The van der Waals surface area contributed by atoms with Gasteiger partial charge in [-0.1, -0.05) is 24.6 Å². The Hall–Kier alpha value is -1.26. The molecule has 0 fully saturated rings. The molecule has 5 heteroatoms. The topological polar surface area (TPSA) is 55.6 Å². The monoisotopic (exact) mass is 298 g/mol. The third-order valence-corrected chi connectivity index (χ3v) is 3.41. The van der Waals surface area contributed by atoms with Crippen molar-refractivity contribution in [3.63, 3.8) is 0 Å². The summed E-state index contributed by atoms with van der Waals surface area (Å²) in [6, 6.07) is 7.23. The van der Waals surface area contributed by atoms with Crippen LogP contribution in [0.2, 0.25) is 5.02 Å². The van der Waals surface area contributed by atoms with Gasteiger partial charge in [-0.15, -0.1) is 0 Å². The number of halogens is 1. The summed E-state index contributed by atoms with van der Waals surface area (Å²) in [5, 5.41) is 0.641. The van der Waals surface area contributed by atoms with Crippen molar-refractivity contribution in [3.8, 4) is 5.75 Å². The van der Waals surface area contributed by atoms with E-state index in [4.69, 9.17) is 22.1 Å². The van der Waals surface area contributed by atoms with E-state index in [1.807, 2.05) is 12.1 Å². The number of ether oxygens (including phenoxy) is 1. The van der Waals surface area contributed by atoms with Crippen LogP contribution in [-0.2, 0) is 4.79 Å². The SMILES string of the molecule is CC(CN)CCC(=O)N(C)CCOc1cccc(Cl)c1. The van der Waals surface area contributed by atoms with Gasteiger partial charge in [-0.2, -0.15) is 0 Å². The third-order valence-electron chi connectivity index (χ3n) is 3.17. The van der Waals surface area contributed by atoms with Crippen LogP contribution in [0.15, 0.2) is 24.3 Å². The molecule has 20 heavy (non-hydrogen) atoms. The lowest BCUT2D eigenvalue weighted by Gasteiger charge is -2.18. The molecule has 0 saturated carbocycles. The number of carbonyl (C=O) groups is 1. The van der Waals surface area contributed by atoms with Crippen molar-refractivity contribution >= 4 is 17.5 Å². The molecular weight excluding hydrogens is 276 g/mol. The molecule has 0 radical (unpaired) electrons. The molecular formula is C15H23ClN2O2. The quantitative estimate of drug-likeness (QED) is 0.802. The fraction of sp³-hybridized carbons (Fsp3) is 0.533. The van der Waals surface area contributed by atoms with Gasteiger partial charge < -0.3 is 15.4 Å². The molecule has 1 aromatic carbocycles. The van der Waals surface area contributed by atoms with E-state index in [-0.39, 0.29) is 5.91 Å². The first kappa shape index (κ1) is 16.8. The number of amides is 1. The van der Waals surface area contributed by atoms with E-state index in [0.717, 1.165) is 12.2 Å². The van der Waals surface area contributed by atoms with Gasteiger partial charge in [0.2, 0.25) is 5.91 Å². The number of hydrogen-bond donors (Lipinski definition) is 1. The molecule has 1 atom stereocenters. The van der Waals surface area contributed by atoms with Gasteiger partial charge in [0.25, 0.3) is 0 Å². The van der Waals surface area contributed by atoms with E-state index >= 15 is 0 Å². The van der Waals surface area contributed by atoms with Crippen molar-refractivity contribution < 1.29 is 9.53 Å². The molecule has 112 valence electrons. The summed E-state index contributed by atoms with van der Waals surface area (Å²) in [6.45, 7) is 3.68. The Labute approximate surface area is 125 Å². The zero-order valence-electron chi connectivity index (χ0n) is 12.1. The highest BCUT2D eigenvalue weighted by Gasteiger charge is 2.10. The standard InChI is InChI=1S/C15H23ClN2O2/c1-12(11-17)6-7-15(19)18(2)8-9-20-14-5-3-4-13(16)10-14/h3-5,10,12H,6-9,11,17H2,1-2H3. The van der Waals surface area contributed by atoms with E-state index in [0.29, 0.717) is 37.1 Å². The van der Waals surface area contributed by atoms with E-state index in [2.05, 4.69) is 6.92 Å². The molecule has 1 amide bonds. The molecule has 0 aromatic heterocycles. The second-order valence-electron chi connectivity index (χ2n) is 5.00. The Morgan fingerprint density at radius 1 is 1.50 bits per heavy atom. The number of hydrogen-bond acceptors (Lipinski definition) is 3. The summed E-state index contributed by atoms with van der Waals surface area (Å²) < 4.78 is 5.56. The zero-order valence-corrected chi connectivity index (χ0v) is 12.9. The van der Waals surface area contributed by atoms with E-state index < -0.39 is 0 Å². The van der Waals surface area contributed by atoms with Crippen LogP contribution in [0.3, 0.4) is 0 Å². The molecule has 1 unspecified atom stereocenters. The third kappa shape index (κ3) is 6.26. The Kier molecular flexibility index (Phi) is 7.41. The molecule has 1 aromatic rings. The van der Waals surface area contributed by atoms with Crippen molar-refractivity contribution in [3.05, 3.63) is 29.3 Å². The Morgan fingerprint density at radius 2 is 2.25 bits per heavy atom. The fourth-order valence-electron chi connectivity index (χ4n) is 1.66. The summed E-state index contributed by atoms with van der Waals surface area (Å²) in [5.41, 5.74) is 5.54. The lowest BCUT2D eigenvalue weighted by atomic mass is 10.1. The normalized spacial score (nSPS) is 12.0. The van der Waals surface area contributed by atoms with Gasteiger partial charge >= 0.3 is 0 Å². The van der Waals surface area contributed by atoms with Crippen molar-refractivity contribution in [2.75, 3.05) is 26.7 Å². The predicted octanol–water partition coefficient (Wildman–Crippen LogP) is 2.55. The van der Waals surface area contributed by atoms with Gasteiger partial charge in [0, 0.05) is 18.5 Å². The predicted molar refractivity (Wildman–Crippen MR) is 82.0 cm³/mol. The molecule has 0 heterocycles. The van der Waals surface area contributed by atoms with Crippen LogP contribution in [0, 0.1) is 5.92 Å². The second kappa shape index (κ2) is 8.82. The number of nitrogens with two attached hydrogens (primary N) is 1. The lowest BCUT2D eigenvalue weighted by Crippen LogP contribution is -2.31. The van der Waals surface area contributed by atoms with E-state index in [1.165, 1.54) is 0 Å². The van der Waals surface area contributed by atoms with Crippen LogP contribution in [-0.4, -0.2) is 37.6 Å². The Bertz CT molecular complexity index is 426. The molecule has 0 saturated heterocycles. The maximum Gasteiger partial charge on any atom is 0.222 e. The summed E-state index contributed by atoms with van der Waals surface area (Å²) in [4.78, 5) is 13.6. The molecule has 0 bridgehead atoms. The van der Waals surface area contributed by atoms with Crippen LogP contribution in [0.5, 0.6) is 5.75 Å². The van der Waals surface area contributed by atoms with Crippen molar-refractivity contribution in [2.24, 2.45) is 11.7 Å². The first-order chi connectivity index (χ1) is 9.52. The van der Waals surface area contributed by atoms with Crippen LogP contribution in [0.4, 0.5) is 0 Å². The van der Waals surface area contributed by atoms with Gasteiger partial charge in [0.1, 0.15) is 12.4 Å². The van der Waals surface area contributed by atoms with Crippen molar-refractivity contribution in [1.82, 2.24) is 4.90 Å².